The molecule has 0 aliphatic rings. The highest BCUT2D eigenvalue weighted by atomic mass is 16.5. The fraction of sp³-hybridized carbons (Fsp3) is 0.909. The van der Waals surface area contributed by atoms with E-state index in [-0.39, 0.29) is 5.97 Å². The van der Waals surface area contributed by atoms with Gasteiger partial charge in [0.15, 0.2) is 0 Å². The Hall–Kier alpha value is -0.610. The molecule has 0 rings (SSSR count). The van der Waals surface area contributed by atoms with Gasteiger partial charge in [-0.15, -0.1) is 0 Å². The first kappa shape index (κ1) is 14.4. The van der Waals surface area contributed by atoms with Crippen LogP contribution in [0.15, 0.2) is 0 Å². The van der Waals surface area contributed by atoms with Crippen molar-refractivity contribution in [3.63, 3.8) is 0 Å². The lowest BCUT2D eigenvalue weighted by Crippen LogP contribution is -2.08. The lowest BCUT2D eigenvalue weighted by Gasteiger charge is -2.04. The van der Waals surface area contributed by atoms with E-state index in [1.54, 1.807) is 0 Å². The molecule has 0 aromatic rings. The molecule has 90 valence electrons. The molecule has 0 amide bonds. The molecule has 0 aliphatic heterocycles. The Kier molecular flexibility index (Phi) is 11.0. The summed E-state index contributed by atoms with van der Waals surface area (Å²) in [5, 5.41) is 0. The van der Waals surface area contributed by atoms with Crippen LogP contribution in [0.25, 0.3) is 0 Å². The van der Waals surface area contributed by atoms with Gasteiger partial charge < -0.3 is 14.2 Å². The average molecular weight is 218 g/mol. The number of carbonyl (C=O) groups is 1. The van der Waals surface area contributed by atoms with Crippen LogP contribution in [0.4, 0.5) is 0 Å². The van der Waals surface area contributed by atoms with Gasteiger partial charge in [-0.1, -0.05) is 6.92 Å². The van der Waals surface area contributed by atoms with E-state index >= 15 is 0 Å². The standard InChI is InChI=1S/C11H22O4/c1-3-7-15-11(12)6-5-8-14-10-9-13-4-2/h3-10H2,1-2H3. The molecule has 0 spiro atoms. The predicted molar refractivity (Wildman–Crippen MR) is 57.8 cm³/mol. The van der Waals surface area contributed by atoms with E-state index in [4.69, 9.17) is 14.2 Å². The van der Waals surface area contributed by atoms with Gasteiger partial charge in [0.2, 0.25) is 0 Å². The van der Waals surface area contributed by atoms with Crippen molar-refractivity contribution in [2.45, 2.75) is 33.1 Å². The maximum absolute atomic E-state index is 11.0. The first-order valence-electron chi connectivity index (χ1n) is 5.62. The van der Waals surface area contributed by atoms with Gasteiger partial charge in [-0.2, -0.15) is 0 Å². The van der Waals surface area contributed by atoms with Crippen molar-refractivity contribution in [3.8, 4) is 0 Å². The Balaban J connectivity index is 3.06. The van der Waals surface area contributed by atoms with Crippen molar-refractivity contribution >= 4 is 5.97 Å². The van der Waals surface area contributed by atoms with Gasteiger partial charge in [0.05, 0.1) is 19.8 Å². The molecule has 0 atom stereocenters. The Morgan fingerprint density at radius 1 is 1.00 bits per heavy atom. The molecule has 0 saturated heterocycles. The third-order valence-electron chi connectivity index (χ3n) is 1.71. The molecular formula is C11H22O4. The molecular weight excluding hydrogens is 196 g/mol. The zero-order valence-electron chi connectivity index (χ0n) is 9.79. The monoisotopic (exact) mass is 218 g/mol. The normalized spacial score (nSPS) is 10.3. The predicted octanol–water partition coefficient (Wildman–Crippen LogP) is 1.77. The minimum Gasteiger partial charge on any atom is -0.466 e. The maximum atomic E-state index is 11.0. The van der Waals surface area contributed by atoms with Gasteiger partial charge in [0.1, 0.15) is 0 Å². The molecule has 4 nitrogen and oxygen atoms in total. The summed E-state index contributed by atoms with van der Waals surface area (Å²) in [6, 6.07) is 0. The Morgan fingerprint density at radius 2 is 1.73 bits per heavy atom. The van der Waals surface area contributed by atoms with Crippen LogP contribution < -0.4 is 0 Å². The third-order valence-corrected chi connectivity index (χ3v) is 1.71. The largest absolute Gasteiger partial charge is 0.466 e. The lowest BCUT2D eigenvalue weighted by molar-refractivity contribution is -0.144. The van der Waals surface area contributed by atoms with Crippen LogP contribution >= 0.6 is 0 Å². The molecule has 0 heterocycles. The van der Waals surface area contributed by atoms with Crippen LogP contribution in [0.2, 0.25) is 0 Å². The Labute approximate surface area is 91.9 Å². The van der Waals surface area contributed by atoms with Crippen molar-refractivity contribution in [2.75, 3.05) is 33.0 Å². The molecule has 15 heavy (non-hydrogen) atoms. The number of hydrogen-bond donors (Lipinski definition) is 0. The second-order valence-electron chi connectivity index (χ2n) is 3.13. The minimum absolute atomic E-state index is 0.134. The molecule has 0 unspecified atom stereocenters. The second kappa shape index (κ2) is 11.5. The summed E-state index contributed by atoms with van der Waals surface area (Å²) < 4.78 is 15.3. The first-order chi connectivity index (χ1) is 7.31. The van der Waals surface area contributed by atoms with Gasteiger partial charge in [0.25, 0.3) is 0 Å². The van der Waals surface area contributed by atoms with E-state index in [0.29, 0.717) is 45.9 Å². The number of rotatable bonds is 10. The zero-order chi connectivity index (χ0) is 11.4. The van der Waals surface area contributed by atoms with Gasteiger partial charge in [-0.3, -0.25) is 4.79 Å². The van der Waals surface area contributed by atoms with Gasteiger partial charge in [0, 0.05) is 19.6 Å². The van der Waals surface area contributed by atoms with Crippen molar-refractivity contribution in [1.82, 2.24) is 0 Å². The van der Waals surface area contributed by atoms with Crippen LogP contribution in [0.3, 0.4) is 0 Å². The molecule has 0 saturated carbocycles. The van der Waals surface area contributed by atoms with Gasteiger partial charge in [-0.05, 0) is 19.8 Å². The van der Waals surface area contributed by atoms with Gasteiger partial charge >= 0.3 is 5.97 Å². The summed E-state index contributed by atoms with van der Waals surface area (Å²) in [5.74, 6) is -0.134. The van der Waals surface area contributed by atoms with Crippen molar-refractivity contribution in [3.05, 3.63) is 0 Å². The summed E-state index contributed by atoms with van der Waals surface area (Å²) in [6.45, 7) is 6.97. The number of hydrogen-bond acceptors (Lipinski definition) is 4. The first-order valence-corrected chi connectivity index (χ1v) is 5.62. The quantitative estimate of drug-likeness (QED) is 0.414. The highest BCUT2D eigenvalue weighted by molar-refractivity contribution is 5.69. The highest BCUT2D eigenvalue weighted by Gasteiger charge is 2.01. The summed E-state index contributed by atoms with van der Waals surface area (Å²) in [7, 11) is 0. The molecule has 0 aromatic heterocycles. The van der Waals surface area contributed by atoms with Gasteiger partial charge in [-0.25, -0.2) is 0 Å². The Morgan fingerprint density at radius 3 is 2.40 bits per heavy atom. The number of carbonyl (C=O) groups excluding carboxylic acids is 1. The van der Waals surface area contributed by atoms with Crippen molar-refractivity contribution in [1.29, 1.82) is 0 Å². The summed E-state index contributed by atoms with van der Waals surface area (Å²) in [6.07, 6.45) is 2.03. The van der Waals surface area contributed by atoms with Crippen molar-refractivity contribution in [2.24, 2.45) is 0 Å². The third kappa shape index (κ3) is 11.3. The van der Waals surface area contributed by atoms with E-state index in [1.807, 2.05) is 13.8 Å². The lowest BCUT2D eigenvalue weighted by atomic mass is 10.3. The zero-order valence-corrected chi connectivity index (χ0v) is 9.79. The molecule has 0 aliphatic carbocycles. The summed E-state index contributed by atoms with van der Waals surface area (Å²) >= 11 is 0. The Bertz CT molecular complexity index is 148. The van der Waals surface area contributed by atoms with Crippen LogP contribution in [0, 0.1) is 0 Å². The molecule has 0 N–H and O–H groups in total. The SMILES string of the molecule is CCCOC(=O)CCCOCCOCC. The number of ether oxygens (including phenoxy) is 3. The van der Waals surface area contributed by atoms with E-state index in [2.05, 4.69) is 0 Å². The number of esters is 1. The molecule has 4 heteroatoms. The molecule has 0 aromatic carbocycles. The minimum atomic E-state index is -0.134. The summed E-state index contributed by atoms with van der Waals surface area (Å²) in [4.78, 5) is 11.0. The van der Waals surface area contributed by atoms with E-state index < -0.39 is 0 Å². The van der Waals surface area contributed by atoms with Crippen LogP contribution in [-0.2, 0) is 19.0 Å². The topological polar surface area (TPSA) is 44.8 Å². The highest BCUT2D eigenvalue weighted by Crippen LogP contribution is 1.94. The van der Waals surface area contributed by atoms with Crippen molar-refractivity contribution < 1.29 is 19.0 Å². The van der Waals surface area contributed by atoms with E-state index in [0.717, 1.165) is 6.42 Å². The average Bonchev–Trinajstić information content (AvgIpc) is 2.25. The van der Waals surface area contributed by atoms with E-state index in [1.165, 1.54) is 0 Å². The second-order valence-corrected chi connectivity index (χ2v) is 3.13. The fourth-order valence-electron chi connectivity index (χ4n) is 0.971. The molecule has 0 fully saturated rings. The van der Waals surface area contributed by atoms with Crippen LogP contribution in [-0.4, -0.2) is 39.0 Å². The van der Waals surface area contributed by atoms with Crippen LogP contribution in [0.5, 0.6) is 0 Å². The smallest absolute Gasteiger partial charge is 0.305 e. The summed E-state index contributed by atoms with van der Waals surface area (Å²) in [5.41, 5.74) is 0. The fourth-order valence-corrected chi connectivity index (χ4v) is 0.971. The molecule has 0 radical (unpaired) electrons. The van der Waals surface area contributed by atoms with Crippen LogP contribution in [0.1, 0.15) is 33.1 Å². The maximum Gasteiger partial charge on any atom is 0.305 e. The van der Waals surface area contributed by atoms with E-state index in [9.17, 15) is 4.79 Å². The molecule has 0 bridgehead atoms.